The van der Waals surface area contributed by atoms with E-state index in [2.05, 4.69) is 64.6 Å². The van der Waals surface area contributed by atoms with Gasteiger partial charge >= 0.3 is 0 Å². The fourth-order valence-corrected chi connectivity index (χ4v) is 5.22. The molecule has 1 aliphatic heterocycles. The van der Waals surface area contributed by atoms with Crippen LogP contribution in [0.25, 0.3) is 5.69 Å². The Kier molecular flexibility index (Phi) is 8.24. The number of benzene rings is 2. The summed E-state index contributed by atoms with van der Waals surface area (Å²) in [6.45, 7) is 6.84. The number of methoxy groups -OCH3 is 1. The topological polar surface area (TPSA) is 72.3 Å². The third kappa shape index (κ3) is 5.98. The van der Waals surface area contributed by atoms with Gasteiger partial charge in [0.2, 0.25) is 5.91 Å². The molecule has 3 aromatic rings. The molecular formula is C26H33N5O2S. The lowest BCUT2D eigenvalue weighted by Crippen LogP contribution is -2.41. The van der Waals surface area contributed by atoms with Crippen molar-refractivity contribution < 1.29 is 9.53 Å². The maximum absolute atomic E-state index is 12.8. The van der Waals surface area contributed by atoms with Gasteiger partial charge in [-0.25, -0.2) is 0 Å². The van der Waals surface area contributed by atoms with E-state index in [1.54, 1.807) is 13.4 Å². The van der Waals surface area contributed by atoms with E-state index in [-0.39, 0.29) is 11.9 Å². The number of likely N-dealkylation sites (tertiary alicyclic amines) is 1. The molecule has 2 heterocycles. The van der Waals surface area contributed by atoms with Gasteiger partial charge in [-0.2, -0.15) is 0 Å². The van der Waals surface area contributed by atoms with E-state index in [0.29, 0.717) is 17.5 Å². The molecule has 0 aliphatic carbocycles. The van der Waals surface area contributed by atoms with Gasteiger partial charge in [0.15, 0.2) is 5.16 Å². The number of nitrogens with one attached hydrogen (secondary N) is 1. The minimum Gasteiger partial charge on any atom is -0.497 e. The predicted molar refractivity (Wildman–Crippen MR) is 136 cm³/mol. The average Bonchev–Trinajstić information content (AvgIpc) is 3.32. The van der Waals surface area contributed by atoms with Crippen LogP contribution in [0.2, 0.25) is 0 Å². The quantitative estimate of drug-likeness (QED) is 0.461. The van der Waals surface area contributed by atoms with Gasteiger partial charge in [-0.3, -0.25) is 14.3 Å². The SMILES string of the molecule is COc1ccc(C(CNC(=O)CSc2nncn2-c2ccc(C)cc2C)N2CCCCC2)cc1. The van der Waals surface area contributed by atoms with Gasteiger partial charge < -0.3 is 10.1 Å². The standard InChI is InChI=1S/C26H33N5O2S/c1-19-7-12-23(20(2)15-19)31-18-28-29-26(31)34-17-25(32)27-16-24(30-13-5-4-6-14-30)21-8-10-22(33-3)11-9-21/h7-12,15,18,24H,4-6,13-14,16-17H2,1-3H3,(H,27,32). The summed E-state index contributed by atoms with van der Waals surface area (Å²) in [5, 5.41) is 12.2. The molecule has 1 N–H and O–H groups in total. The molecule has 1 fully saturated rings. The van der Waals surface area contributed by atoms with Gasteiger partial charge in [0, 0.05) is 6.54 Å². The van der Waals surface area contributed by atoms with E-state index in [1.165, 1.54) is 42.2 Å². The molecule has 1 amide bonds. The Morgan fingerprint density at radius 3 is 2.59 bits per heavy atom. The number of hydrogen-bond donors (Lipinski definition) is 1. The first-order chi connectivity index (χ1) is 16.5. The molecular weight excluding hydrogens is 446 g/mol. The van der Waals surface area contributed by atoms with E-state index >= 15 is 0 Å². The Bertz CT molecular complexity index is 1090. The molecule has 34 heavy (non-hydrogen) atoms. The molecule has 1 unspecified atom stereocenters. The van der Waals surface area contributed by atoms with Crippen LogP contribution in [0.3, 0.4) is 0 Å². The van der Waals surface area contributed by atoms with Crippen molar-refractivity contribution in [1.29, 1.82) is 0 Å². The number of carbonyl (C=O) groups excluding carboxylic acids is 1. The molecule has 0 radical (unpaired) electrons. The second kappa shape index (κ2) is 11.5. The Labute approximate surface area is 205 Å². The summed E-state index contributed by atoms with van der Waals surface area (Å²) in [6.07, 6.45) is 5.37. The highest BCUT2D eigenvalue weighted by Gasteiger charge is 2.23. The van der Waals surface area contributed by atoms with Crippen molar-refractivity contribution in [3.63, 3.8) is 0 Å². The molecule has 180 valence electrons. The van der Waals surface area contributed by atoms with Gasteiger partial charge in [-0.1, -0.05) is 48.0 Å². The van der Waals surface area contributed by atoms with Crippen molar-refractivity contribution >= 4 is 17.7 Å². The molecule has 7 nitrogen and oxygen atoms in total. The second-order valence-electron chi connectivity index (χ2n) is 8.75. The average molecular weight is 480 g/mol. The Morgan fingerprint density at radius 1 is 1.12 bits per heavy atom. The monoisotopic (exact) mass is 479 g/mol. The number of rotatable bonds is 9. The fraction of sp³-hybridized carbons (Fsp3) is 0.423. The second-order valence-corrected chi connectivity index (χ2v) is 9.69. The lowest BCUT2D eigenvalue weighted by atomic mass is 10.0. The van der Waals surface area contributed by atoms with Crippen molar-refractivity contribution in [2.75, 3.05) is 32.5 Å². The van der Waals surface area contributed by atoms with Gasteiger partial charge in [0.05, 0.1) is 24.6 Å². The molecule has 2 aromatic carbocycles. The normalized spacial score (nSPS) is 15.1. The Morgan fingerprint density at radius 2 is 1.88 bits per heavy atom. The summed E-state index contributed by atoms with van der Waals surface area (Å²) in [5.41, 5.74) is 4.59. The summed E-state index contributed by atoms with van der Waals surface area (Å²) in [6, 6.07) is 14.6. The number of ether oxygens (including phenoxy) is 1. The van der Waals surface area contributed by atoms with Gasteiger partial charge in [0.25, 0.3) is 0 Å². The maximum atomic E-state index is 12.8. The van der Waals surface area contributed by atoms with E-state index in [4.69, 9.17) is 4.74 Å². The molecule has 0 spiro atoms. The lowest BCUT2D eigenvalue weighted by molar-refractivity contribution is -0.118. The smallest absolute Gasteiger partial charge is 0.230 e. The summed E-state index contributed by atoms with van der Waals surface area (Å²) in [4.78, 5) is 15.3. The molecule has 1 aromatic heterocycles. The summed E-state index contributed by atoms with van der Waals surface area (Å²) in [5.74, 6) is 1.13. The fourth-order valence-electron chi connectivity index (χ4n) is 4.47. The zero-order chi connectivity index (χ0) is 23.9. The van der Waals surface area contributed by atoms with Crippen LogP contribution in [0.15, 0.2) is 53.9 Å². The first kappa shape index (κ1) is 24.3. The van der Waals surface area contributed by atoms with Gasteiger partial charge in [0.1, 0.15) is 12.1 Å². The zero-order valence-corrected chi connectivity index (χ0v) is 21.0. The number of piperidine rings is 1. The number of hydrogen-bond acceptors (Lipinski definition) is 6. The third-order valence-corrected chi connectivity index (χ3v) is 7.23. The van der Waals surface area contributed by atoms with Crippen LogP contribution in [0.5, 0.6) is 5.75 Å². The third-order valence-electron chi connectivity index (χ3n) is 6.29. The summed E-state index contributed by atoms with van der Waals surface area (Å²) < 4.78 is 7.26. The number of carbonyl (C=O) groups is 1. The molecule has 8 heteroatoms. The molecule has 1 saturated heterocycles. The highest BCUT2D eigenvalue weighted by Crippen LogP contribution is 2.26. The van der Waals surface area contributed by atoms with E-state index in [1.807, 2.05) is 16.7 Å². The highest BCUT2D eigenvalue weighted by molar-refractivity contribution is 7.99. The molecule has 1 atom stereocenters. The van der Waals surface area contributed by atoms with Crippen LogP contribution in [0.4, 0.5) is 0 Å². The van der Waals surface area contributed by atoms with Crippen molar-refractivity contribution in [2.24, 2.45) is 0 Å². The summed E-state index contributed by atoms with van der Waals surface area (Å²) in [7, 11) is 1.68. The first-order valence-corrected chi connectivity index (χ1v) is 12.8. The molecule has 1 aliphatic rings. The Balaban J connectivity index is 1.38. The molecule has 0 saturated carbocycles. The minimum atomic E-state index is -0.00398. The predicted octanol–water partition coefficient (Wildman–Crippen LogP) is 4.33. The number of aromatic nitrogens is 3. The van der Waals surface area contributed by atoms with Crippen molar-refractivity contribution in [3.8, 4) is 11.4 Å². The number of aryl methyl sites for hydroxylation is 2. The Hall–Kier alpha value is -2.84. The van der Waals surface area contributed by atoms with Gasteiger partial charge in [-0.05, 0) is 69.1 Å². The maximum Gasteiger partial charge on any atom is 0.230 e. The van der Waals surface area contributed by atoms with Crippen LogP contribution >= 0.6 is 11.8 Å². The van der Waals surface area contributed by atoms with Crippen LogP contribution in [0.1, 0.15) is 42.0 Å². The number of thioether (sulfide) groups is 1. The van der Waals surface area contributed by atoms with E-state index < -0.39 is 0 Å². The van der Waals surface area contributed by atoms with Crippen LogP contribution in [-0.2, 0) is 4.79 Å². The molecule has 4 rings (SSSR count). The lowest BCUT2D eigenvalue weighted by Gasteiger charge is -2.35. The van der Waals surface area contributed by atoms with Crippen molar-refractivity contribution in [2.45, 2.75) is 44.3 Å². The van der Waals surface area contributed by atoms with Gasteiger partial charge in [-0.15, -0.1) is 10.2 Å². The summed E-state index contributed by atoms with van der Waals surface area (Å²) >= 11 is 1.40. The van der Waals surface area contributed by atoms with Crippen molar-refractivity contribution in [1.82, 2.24) is 25.0 Å². The van der Waals surface area contributed by atoms with Crippen LogP contribution < -0.4 is 10.1 Å². The van der Waals surface area contributed by atoms with E-state index in [0.717, 1.165) is 30.1 Å². The van der Waals surface area contributed by atoms with E-state index in [9.17, 15) is 4.79 Å². The van der Waals surface area contributed by atoms with Crippen molar-refractivity contribution in [3.05, 3.63) is 65.5 Å². The largest absolute Gasteiger partial charge is 0.497 e. The van der Waals surface area contributed by atoms with Crippen LogP contribution in [-0.4, -0.2) is 58.1 Å². The molecule has 0 bridgehead atoms. The zero-order valence-electron chi connectivity index (χ0n) is 20.2. The highest BCUT2D eigenvalue weighted by atomic mass is 32.2. The van der Waals surface area contributed by atoms with Crippen LogP contribution in [0, 0.1) is 13.8 Å². The first-order valence-electron chi connectivity index (χ1n) is 11.8. The number of nitrogens with zero attached hydrogens (tertiary/aromatic N) is 4. The number of amides is 1. The minimum absolute atomic E-state index is 0.00398.